The van der Waals surface area contributed by atoms with E-state index in [1.54, 1.807) is 0 Å². The lowest BCUT2D eigenvalue weighted by molar-refractivity contribution is -0.142. The van der Waals surface area contributed by atoms with Gasteiger partial charge in [-0.15, -0.1) is 0 Å². The Balaban J connectivity index is 1.56. The van der Waals surface area contributed by atoms with Crippen molar-refractivity contribution < 1.29 is 9.90 Å². The molecule has 0 unspecified atom stereocenters. The third kappa shape index (κ3) is 4.93. The lowest BCUT2D eigenvalue weighted by Crippen LogP contribution is -2.41. The fourth-order valence-corrected chi connectivity index (χ4v) is 3.84. The molecule has 2 aromatic carbocycles. The topological polar surface area (TPSA) is 49.3 Å². The van der Waals surface area contributed by atoms with E-state index < -0.39 is 5.97 Å². The second kappa shape index (κ2) is 8.82. The van der Waals surface area contributed by atoms with Crippen LogP contribution in [-0.2, 0) is 4.79 Å². The normalized spacial score (nSPS) is 20.5. The Bertz CT molecular complexity index is 609. The van der Waals surface area contributed by atoms with Gasteiger partial charge in [-0.1, -0.05) is 67.1 Å². The highest BCUT2D eigenvalue weighted by atomic mass is 16.4. The van der Waals surface area contributed by atoms with Crippen LogP contribution >= 0.6 is 0 Å². The number of hydrogen-bond donors (Lipinski definition) is 2. The van der Waals surface area contributed by atoms with E-state index in [9.17, 15) is 4.79 Å². The second-order valence-corrected chi connectivity index (χ2v) is 7.02. The molecular formula is C22H27NO2. The molecule has 0 aliphatic carbocycles. The zero-order valence-corrected chi connectivity index (χ0v) is 14.6. The first-order valence-corrected chi connectivity index (χ1v) is 9.30. The molecule has 1 aliphatic heterocycles. The first-order valence-electron chi connectivity index (χ1n) is 9.30. The maximum absolute atomic E-state index is 11.0. The molecule has 0 bridgehead atoms. The standard InChI is InChI=1S/C22H27NO2/c24-22(25)19-14-15-20(23-16-19)12-7-13-21(17-8-3-1-4-9-17)18-10-5-2-6-11-18/h1-6,8-11,19-21,23H,7,12-16H2,(H,24,25)/t19-,20-/m0/s1. The predicted molar refractivity (Wildman–Crippen MR) is 101 cm³/mol. The Hall–Kier alpha value is -2.13. The van der Waals surface area contributed by atoms with Crippen molar-refractivity contribution in [3.63, 3.8) is 0 Å². The van der Waals surface area contributed by atoms with E-state index in [2.05, 4.69) is 66.0 Å². The molecule has 132 valence electrons. The smallest absolute Gasteiger partial charge is 0.307 e. The first-order chi connectivity index (χ1) is 12.2. The Morgan fingerprint density at radius 1 is 1.00 bits per heavy atom. The summed E-state index contributed by atoms with van der Waals surface area (Å²) in [5.41, 5.74) is 2.74. The van der Waals surface area contributed by atoms with E-state index in [0.717, 1.165) is 32.1 Å². The van der Waals surface area contributed by atoms with Gasteiger partial charge in [-0.2, -0.15) is 0 Å². The minimum absolute atomic E-state index is 0.211. The van der Waals surface area contributed by atoms with Gasteiger partial charge in [0.15, 0.2) is 0 Å². The third-order valence-corrected chi connectivity index (χ3v) is 5.32. The molecule has 2 aromatic rings. The molecule has 0 saturated carbocycles. The molecule has 1 heterocycles. The number of carboxylic acid groups (broad SMARTS) is 1. The van der Waals surface area contributed by atoms with Gasteiger partial charge in [0.1, 0.15) is 0 Å². The average Bonchev–Trinajstić information content (AvgIpc) is 2.67. The van der Waals surface area contributed by atoms with Crippen LogP contribution in [0, 0.1) is 5.92 Å². The van der Waals surface area contributed by atoms with Crippen molar-refractivity contribution in [2.75, 3.05) is 6.54 Å². The predicted octanol–water partition coefficient (Wildman–Crippen LogP) is 4.44. The Kier molecular flexibility index (Phi) is 6.24. The monoisotopic (exact) mass is 337 g/mol. The third-order valence-electron chi connectivity index (χ3n) is 5.32. The molecule has 0 aromatic heterocycles. The van der Waals surface area contributed by atoms with Crippen LogP contribution in [0.1, 0.15) is 49.1 Å². The van der Waals surface area contributed by atoms with Crippen molar-refractivity contribution >= 4 is 5.97 Å². The fraction of sp³-hybridized carbons (Fsp3) is 0.409. The number of carbonyl (C=O) groups is 1. The maximum Gasteiger partial charge on any atom is 0.307 e. The van der Waals surface area contributed by atoms with Crippen LogP contribution in [0.15, 0.2) is 60.7 Å². The number of nitrogens with one attached hydrogen (secondary N) is 1. The summed E-state index contributed by atoms with van der Waals surface area (Å²) in [6, 6.07) is 21.9. The van der Waals surface area contributed by atoms with Crippen molar-refractivity contribution in [2.24, 2.45) is 5.92 Å². The summed E-state index contributed by atoms with van der Waals surface area (Å²) in [4.78, 5) is 11.0. The SMILES string of the molecule is O=C(O)[C@H]1CC[C@H](CCCC(c2ccccc2)c2ccccc2)NC1. The van der Waals surface area contributed by atoms with Crippen LogP contribution < -0.4 is 5.32 Å². The van der Waals surface area contributed by atoms with E-state index in [4.69, 9.17) is 5.11 Å². The molecule has 0 radical (unpaired) electrons. The van der Waals surface area contributed by atoms with Crippen LogP contribution in [0.3, 0.4) is 0 Å². The van der Waals surface area contributed by atoms with Gasteiger partial charge in [-0.3, -0.25) is 4.79 Å². The number of carboxylic acids is 1. The van der Waals surface area contributed by atoms with Gasteiger partial charge in [0.25, 0.3) is 0 Å². The van der Waals surface area contributed by atoms with E-state index in [1.807, 2.05) is 0 Å². The number of aliphatic carboxylic acids is 1. The number of rotatable bonds is 7. The Morgan fingerprint density at radius 2 is 1.60 bits per heavy atom. The van der Waals surface area contributed by atoms with Gasteiger partial charge in [-0.25, -0.2) is 0 Å². The Morgan fingerprint density at radius 3 is 2.08 bits per heavy atom. The van der Waals surface area contributed by atoms with Crippen LogP contribution in [0.25, 0.3) is 0 Å². The van der Waals surface area contributed by atoms with E-state index in [1.165, 1.54) is 11.1 Å². The van der Waals surface area contributed by atoms with Crippen molar-refractivity contribution in [2.45, 2.75) is 44.1 Å². The van der Waals surface area contributed by atoms with Gasteiger partial charge >= 0.3 is 5.97 Å². The van der Waals surface area contributed by atoms with Gasteiger partial charge in [-0.05, 0) is 36.8 Å². The summed E-state index contributed by atoms with van der Waals surface area (Å²) in [6.07, 6.45) is 5.15. The molecule has 3 heteroatoms. The summed E-state index contributed by atoms with van der Waals surface area (Å²) in [6.45, 7) is 0.612. The zero-order chi connectivity index (χ0) is 17.5. The number of piperidine rings is 1. The highest BCUT2D eigenvalue weighted by Gasteiger charge is 2.25. The van der Waals surface area contributed by atoms with Crippen molar-refractivity contribution in [3.8, 4) is 0 Å². The number of hydrogen-bond acceptors (Lipinski definition) is 2. The van der Waals surface area contributed by atoms with Gasteiger partial charge in [0, 0.05) is 18.5 Å². The van der Waals surface area contributed by atoms with Crippen LogP contribution in [0.4, 0.5) is 0 Å². The minimum Gasteiger partial charge on any atom is -0.481 e. The molecule has 3 nitrogen and oxygen atoms in total. The molecule has 2 N–H and O–H groups in total. The van der Waals surface area contributed by atoms with Crippen LogP contribution in [0.2, 0.25) is 0 Å². The highest BCUT2D eigenvalue weighted by molar-refractivity contribution is 5.70. The van der Waals surface area contributed by atoms with Crippen molar-refractivity contribution in [1.29, 1.82) is 0 Å². The van der Waals surface area contributed by atoms with Crippen LogP contribution in [0.5, 0.6) is 0 Å². The summed E-state index contributed by atoms with van der Waals surface area (Å²) in [5.74, 6) is -0.449. The molecular weight excluding hydrogens is 310 g/mol. The highest BCUT2D eigenvalue weighted by Crippen LogP contribution is 2.30. The lowest BCUT2D eigenvalue weighted by Gasteiger charge is -2.28. The molecule has 3 rings (SSSR count). The fourth-order valence-electron chi connectivity index (χ4n) is 3.84. The van der Waals surface area contributed by atoms with Crippen molar-refractivity contribution in [1.82, 2.24) is 5.32 Å². The molecule has 0 amide bonds. The van der Waals surface area contributed by atoms with Gasteiger partial charge in [0.05, 0.1) is 5.92 Å². The van der Waals surface area contributed by atoms with Gasteiger partial charge in [0.2, 0.25) is 0 Å². The summed E-state index contributed by atoms with van der Waals surface area (Å²) >= 11 is 0. The summed E-state index contributed by atoms with van der Waals surface area (Å²) < 4.78 is 0. The molecule has 2 atom stereocenters. The largest absolute Gasteiger partial charge is 0.481 e. The van der Waals surface area contributed by atoms with Crippen LogP contribution in [-0.4, -0.2) is 23.7 Å². The molecule has 1 saturated heterocycles. The first kappa shape index (κ1) is 17.7. The summed E-state index contributed by atoms with van der Waals surface area (Å²) in [5, 5.41) is 12.5. The summed E-state index contributed by atoms with van der Waals surface area (Å²) in [7, 11) is 0. The van der Waals surface area contributed by atoms with E-state index in [0.29, 0.717) is 18.5 Å². The molecule has 1 fully saturated rings. The van der Waals surface area contributed by atoms with Crippen molar-refractivity contribution in [3.05, 3.63) is 71.8 Å². The Labute approximate surface area is 150 Å². The van der Waals surface area contributed by atoms with Gasteiger partial charge < -0.3 is 10.4 Å². The van der Waals surface area contributed by atoms with E-state index >= 15 is 0 Å². The van der Waals surface area contributed by atoms with E-state index in [-0.39, 0.29) is 5.92 Å². The molecule has 1 aliphatic rings. The zero-order valence-electron chi connectivity index (χ0n) is 14.6. The quantitative estimate of drug-likeness (QED) is 0.785. The second-order valence-electron chi connectivity index (χ2n) is 7.02. The maximum atomic E-state index is 11.0. The molecule has 0 spiro atoms. The minimum atomic E-state index is -0.667. The molecule has 25 heavy (non-hydrogen) atoms. The average molecular weight is 337 g/mol. The number of benzene rings is 2. The lowest BCUT2D eigenvalue weighted by atomic mass is 9.85.